The molecule has 1 N–H and O–H groups in total. The molecule has 1 aromatic rings. The molecular weight excluding hydrogens is 302 g/mol. The van der Waals surface area contributed by atoms with Crippen molar-refractivity contribution in [3.8, 4) is 0 Å². The third-order valence-electron chi connectivity index (χ3n) is 5.20. The van der Waals surface area contributed by atoms with Crippen LogP contribution in [0.3, 0.4) is 0 Å². The van der Waals surface area contributed by atoms with Gasteiger partial charge in [0.1, 0.15) is 0 Å². The van der Waals surface area contributed by atoms with Gasteiger partial charge in [0.15, 0.2) is 0 Å². The van der Waals surface area contributed by atoms with Gasteiger partial charge in [-0.25, -0.2) is 0 Å². The van der Waals surface area contributed by atoms with Crippen molar-refractivity contribution in [1.82, 2.24) is 9.80 Å². The van der Waals surface area contributed by atoms with Crippen LogP contribution in [0.4, 0.5) is 5.69 Å². The van der Waals surface area contributed by atoms with Gasteiger partial charge in [-0.2, -0.15) is 0 Å². The monoisotopic (exact) mass is 329 g/mol. The van der Waals surface area contributed by atoms with Crippen LogP contribution in [0.15, 0.2) is 18.2 Å². The number of hydrogen-bond donors (Lipinski definition) is 1. The number of likely N-dealkylation sites (tertiary alicyclic amines) is 2. The summed E-state index contributed by atoms with van der Waals surface area (Å²) in [6, 6.07) is 6.34. The van der Waals surface area contributed by atoms with Crippen molar-refractivity contribution in [2.45, 2.75) is 45.6 Å². The Bertz CT molecular complexity index is 609. The number of carbonyl (C=O) groups is 2. The number of para-hydroxylation sites is 1. The van der Waals surface area contributed by atoms with Crippen molar-refractivity contribution in [3.63, 3.8) is 0 Å². The van der Waals surface area contributed by atoms with Gasteiger partial charge in [0, 0.05) is 37.8 Å². The highest BCUT2D eigenvalue weighted by molar-refractivity contribution is 5.82. The van der Waals surface area contributed by atoms with Gasteiger partial charge in [0.2, 0.25) is 11.8 Å². The van der Waals surface area contributed by atoms with Crippen molar-refractivity contribution in [2.24, 2.45) is 0 Å². The average Bonchev–Trinajstić information content (AvgIpc) is 3.00. The van der Waals surface area contributed by atoms with Crippen LogP contribution in [0.5, 0.6) is 0 Å². The second-order valence-electron chi connectivity index (χ2n) is 6.95. The summed E-state index contributed by atoms with van der Waals surface area (Å²) >= 11 is 0. The minimum Gasteiger partial charge on any atom is -0.376 e. The van der Waals surface area contributed by atoms with E-state index in [9.17, 15) is 9.59 Å². The van der Waals surface area contributed by atoms with E-state index in [1.54, 1.807) is 0 Å². The molecule has 5 nitrogen and oxygen atoms in total. The first-order valence-electron chi connectivity index (χ1n) is 8.93. The SMILES string of the molecule is Cc1cccc(C)c1NCC(=O)N1CCC[C@@H](N2CCCC2=O)C1. The highest BCUT2D eigenvalue weighted by Crippen LogP contribution is 2.22. The second-order valence-corrected chi connectivity index (χ2v) is 6.95. The molecule has 2 aliphatic heterocycles. The molecule has 3 rings (SSSR count). The lowest BCUT2D eigenvalue weighted by atomic mass is 10.0. The van der Waals surface area contributed by atoms with Crippen molar-refractivity contribution in [1.29, 1.82) is 0 Å². The Morgan fingerprint density at radius 1 is 1.21 bits per heavy atom. The maximum absolute atomic E-state index is 12.6. The fourth-order valence-electron chi connectivity index (χ4n) is 3.86. The first kappa shape index (κ1) is 16.8. The molecule has 0 saturated carbocycles. The molecule has 1 atom stereocenters. The van der Waals surface area contributed by atoms with Gasteiger partial charge >= 0.3 is 0 Å². The standard InChI is InChI=1S/C19H27N3O2/c1-14-6-3-7-15(2)19(14)20-12-18(24)21-10-4-8-16(13-21)22-11-5-9-17(22)23/h3,6-7,16,20H,4-5,8-13H2,1-2H3/t16-/m1/s1. The summed E-state index contributed by atoms with van der Waals surface area (Å²) in [7, 11) is 0. The molecule has 130 valence electrons. The molecule has 2 aliphatic rings. The van der Waals surface area contributed by atoms with E-state index < -0.39 is 0 Å². The summed E-state index contributed by atoms with van der Waals surface area (Å²) < 4.78 is 0. The molecule has 0 aromatic heterocycles. The van der Waals surface area contributed by atoms with E-state index in [0.29, 0.717) is 19.5 Å². The summed E-state index contributed by atoms with van der Waals surface area (Å²) in [6.07, 6.45) is 3.61. The van der Waals surface area contributed by atoms with Gasteiger partial charge in [-0.05, 0) is 44.2 Å². The van der Waals surface area contributed by atoms with Gasteiger partial charge in [0.25, 0.3) is 0 Å². The summed E-state index contributed by atoms with van der Waals surface area (Å²) in [5, 5.41) is 3.30. The van der Waals surface area contributed by atoms with Gasteiger partial charge in [-0.15, -0.1) is 0 Å². The summed E-state index contributed by atoms with van der Waals surface area (Å²) in [4.78, 5) is 28.4. The Morgan fingerprint density at radius 2 is 1.96 bits per heavy atom. The van der Waals surface area contributed by atoms with Crippen LogP contribution >= 0.6 is 0 Å². The normalized spacial score (nSPS) is 21.2. The highest BCUT2D eigenvalue weighted by atomic mass is 16.2. The van der Waals surface area contributed by atoms with E-state index in [1.165, 1.54) is 0 Å². The molecule has 0 spiro atoms. The Balaban J connectivity index is 1.57. The van der Waals surface area contributed by atoms with Crippen molar-refractivity contribution in [2.75, 3.05) is 31.5 Å². The van der Waals surface area contributed by atoms with Crippen LogP contribution in [-0.4, -0.2) is 53.8 Å². The fourth-order valence-corrected chi connectivity index (χ4v) is 3.86. The number of hydrogen-bond acceptors (Lipinski definition) is 3. The summed E-state index contributed by atoms with van der Waals surface area (Å²) in [6.45, 7) is 6.74. The van der Waals surface area contributed by atoms with Crippen molar-refractivity contribution in [3.05, 3.63) is 29.3 Å². The van der Waals surface area contributed by atoms with Crippen molar-refractivity contribution >= 4 is 17.5 Å². The van der Waals surface area contributed by atoms with E-state index in [4.69, 9.17) is 0 Å². The summed E-state index contributed by atoms with van der Waals surface area (Å²) in [5.74, 6) is 0.372. The first-order chi connectivity index (χ1) is 11.6. The summed E-state index contributed by atoms with van der Waals surface area (Å²) in [5.41, 5.74) is 3.36. The maximum Gasteiger partial charge on any atom is 0.241 e. The van der Waals surface area contributed by atoms with Gasteiger partial charge in [-0.1, -0.05) is 18.2 Å². The van der Waals surface area contributed by atoms with Crippen LogP contribution in [-0.2, 0) is 9.59 Å². The Hall–Kier alpha value is -2.04. The highest BCUT2D eigenvalue weighted by Gasteiger charge is 2.32. The zero-order valence-electron chi connectivity index (χ0n) is 14.7. The number of amides is 2. The van der Waals surface area contributed by atoms with Crippen LogP contribution in [0, 0.1) is 13.8 Å². The van der Waals surface area contributed by atoms with E-state index in [2.05, 4.69) is 31.3 Å². The van der Waals surface area contributed by atoms with E-state index in [1.807, 2.05) is 15.9 Å². The second kappa shape index (κ2) is 7.24. The fraction of sp³-hybridized carbons (Fsp3) is 0.579. The lowest BCUT2D eigenvalue weighted by Gasteiger charge is -2.37. The number of nitrogens with one attached hydrogen (secondary N) is 1. The molecule has 2 fully saturated rings. The third kappa shape index (κ3) is 3.55. The zero-order chi connectivity index (χ0) is 17.1. The smallest absolute Gasteiger partial charge is 0.241 e. The molecular formula is C19H27N3O2. The van der Waals surface area contributed by atoms with Crippen LogP contribution in [0.1, 0.15) is 36.8 Å². The number of benzene rings is 1. The maximum atomic E-state index is 12.6. The number of aryl methyl sites for hydroxylation is 2. The topological polar surface area (TPSA) is 52.7 Å². The molecule has 0 unspecified atom stereocenters. The molecule has 0 bridgehead atoms. The predicted octanol–water partition coefficient (Wildman–Crippen LogP) is 2.33. The van der Waals surface area contributed by atoms with E-state index in [0.717, 1.165) is 49.2 Å². The molecule has 2 saturated heterocycles. The minimum absolute atomic E-state index is 0.119. The molecule has 24 heavy (non-hydrogen) atoms. The molecule has 5 heteroatoms. The average molecular weight is 329 g/mol. The molecule has 0 radical (unpaired) electrons. The molecule has 2 amide bonds. The van der Waals surface area contributed by atoms with Crippen LogP contribution in [0.25, 0.3) is 0 Å². The Labute approximate surface area is 144 Å². The lowest BCUT2D eigenvalue weighted by Crippen LogP contribution is -2.51. The molecule has 2 heterocycles. The zero-order valence-corrected chi connectivity index (χ0v) is 14.7. The largest absolute Gasteiger partial charge is 0.376 e. The molecule has 1 aromatic carbocycles. The van der Waals surface area contributed by atoms with Gasteiger partial charge in [-0.3, -0.25) is 9.59 Å². The number of anilines is 1. The van der Waals surface area contributed by atoms with Crippen molar-refractivity contribution < 1.29 is 9.59 Å². The quantitative estimate of drug-likeness (QED) is 0.922. The Kier molecular flexibility index (Phi) is 5.07. The van der Waals surface area contributed by atoms with Gasteiger partial charge < -0.3 is 15.1 Å². The minimum atomic E-state index is 0.119. The number of nitrogens with zero attached hydrogens (tertiary/aromatic N) is 2. The number of carbonyl (C=O) groups excluding carboxylic acids is 2. The van der Waals surface area contributed by atoms with Crippen LogP contribution in [0.2, 0.25) is 0 Å². The third-order valence-corrected chi connectivity index (χ3v) is 5.20. The molecule has 0 aliphatic carbocycles. The lowest BCUT2D eigenvalue weighted by molar-refractivity contribution is -0.136. The van der Waals surface area contributed by atoms with Gasteiger partial charge in [0.05, 0.1) is 6.54 Å². The van der Waals surface area contributed by atoms with E-state index >= 15 is 0 Å². The first-order valence-corrected chi connectivity index (χ1v) is 8.93. The predicted molar refractivity (Wildman–Crippen MR) is 95.0 cm³/mol. The van der Waals surface area contributed by atoms with Crippen LogP contribution < -0.4 is 5.32 Å². The van der Waals surface area contributed by atoms with E-state index in [-0.39, 0.29) is 17.9 Å². The number of piperidine rings is 1. The number of rotatable bonds is 4. The Morgan fingerprint density at radius 3 is 2.62 bits per heavy atom.